The summed E-state index contributed by atoms with van der Waals surface area (Å²) in [6, 6.07) is 2.74. The number of carbonyl (C=O) groups is 2. The van der Waals surface area contributed by atoms with Gasteiger partial charge in [-0.15, -0.1) is 0 Å². The van der Waals surface area contributed by atoms with Crippen molar-refractivity contribution in [3.8, 4) is 0 Å². The van der Waals surface area contributed by atoms with Crippen LogP contribution in [0.25, 0.3) is 17.0 Å². The lowest BCUT2D eigenvalue weighted by molar-refractivity contribution is -0.126. The Balaban J connectivity index is 2.56. The fraction of sp³-hybridized carbons (Fsp3) is 0.0769. The summed E-state index contributed by atoms with van der Waals surface area (Å²) in [6.07, 6.45) is 4.53. The third kappa shape index (κ3) is 2.15. The molecule has 0 fully saturated rings. The number of aryl methyl sites for hydroxylation is 1. The summed E-state index contributed by atoms with van der Waals surface area (Å²) in [7, 11) is 0. The molecule has 1 N–H and O–H groups in total. The zero-order valence-electron chi connectivity index (χ0n) is 9.16. The van der Waals surface area contributed by atoms with E-state index < -0.39 is 5.78 Å². The Hall–Kier alpha value is -2.23. The zero-order valence-corrected chi connectivity index (χ0v) is 9.16. The summed E-state index contributed by atoms with van der Waals surface area (Å²) in [5, 5.41) is 0.767. The highest BCUT2D eigenvalue weighted by atomic mass is 19.1. The minimum Gasteiger partial charge on any atom is -0.360 e. The number of nitrogens with one attached hydrogen (secondary N) is 1. The van der Waals surface area contributed by atoms with Gasteiger partial charge in [-0.05, 0) is 36.8 Å². The second-order valence-electron chi connectivity index (χ2n) is 3.74. The van der Waals surface area contributed by atoms with Crippen molar-refractivity contribution in [2.24, 2.45) is 0 Å². The monoisotopic (exact) mass is 231 g/mol. The summed E-state index contributed by atoms with van der Waals surface area (Å²) in [5.74, 6) is -1.02. The Kier molecular flexibility index (Phi) is 2.87. The molecular weight excluding hydrogens is 221 g/mol. The molecule has 0 aliphatic carbocycles. The van der Waals surface area contributed by atoms with E-state index in [0.29, 0.717) is 5.56 Å². The van der Waals surface area contributed by atoms with Gasteiger partial charge in [0.05, 0.1) is 5.52 Å². The number of aldehydes is 1. The maximum Gasteiger partial charge on any atom is 0.218 e. The molecular formula is C13H10FNO2. The molecule has 0 bridgehead atoms. The van der Waals surface area contributed by atoms with Crippen molar-refractivity contribution in [3.05, 3.63) is 41.3 Å². The lowest BCUT2D eigenvalue weighted by Gasteiger charge is -1.98. The first-order valence-electron chi connectivity index (χ1n) is 5.06. The summed E-state index contributed by atoms with van der Waals surface area (Å²) in [4.78, 5) is 24.0. The number of benzene rings is 1. The topological polar surface area (TPSA) is 49.9 Å². The van der Waals surface area contributed by atoms with E-state index in [1.54, 1.807) is 6.20 Å². The van der Waals surface area contributed by atoms with E-state index in [4.69, 9.17) is 0 Å². The van der Waals surface area contributed by atoms with Crippen molar-refractivity contribution < 1.29 is 14.0 Å². The number of rotatable bonds is 3. The molecule has 0 saturated heterocycles. The average Bonchev–Trinajstić information content (AvgIpc) is 2.68. The van der Waals surface area contributed by atoms with Gasteiger partial charge < -0.3 is 4.98 Å². The van der Waals surface area contributed by atoms with Crippen molar-refractivity contribution in [2.75, 3.05) is 0 Å². The van der Waals surface area contributed by atoms with Crippen molar-refractivity contribution in [1.82, 2.24) is 4.98 Å². The van der Waals surface area contributed by atoms with Gasteiger partial charge in [-0.3, -0.25) is 9.59 Å². The first-order valence-corrected chi connectivity index (χ1v) is 5.06. The van der Waals surface area contributed by atoms with Gasteiger partial charge in [0.1, 0.15) is 5.82 Å². The van der Waals surface area contributed by atoms with Crippen LogP contribution in [-0.2, 0) is 9.59 Å². The fourth-order valence-corrected chi connectivity index (χ4v) is 1.70. The first kappa shape index (κ1) is 11.3. The molecule has 0 aliphatic heterocycles. The van der Waals surface area contributed by atoms with Crippen LogP contribution < -0.4 is 0 Å². The number of aromatic amines is 1. The van der Waals surface area contributed by atoms with E-state index in [1.807, 2.05) is 6.92 Å². The van der Waals surface area contributed by atoms with Gasteiger partial charge in [-0.1, -0.05) is 0 Å². The highest BCUT2D eigenvalue weighted by Gasteiger charge is 2.06. The molecule has 3 nitrogen and oxygen atoms in total. The molecule has 0 aliphatic rings. The van der Waals surface area contributed by atoms with Crippen LogP contribution in [0, 0.1) is 12.7 Å². The fourth-order valence-electron chi connectivity index (χ4n) is 1.70. The minimum atomic E-state index is -0.648. The number of fused-ring (bicyclic) bond motifs is 1. The van der Waals surface area contributed by atoms with Crippen LogP contribution in [0.5, 0.6) is 0 Å². The Morgan fingerprint density at radius 3 is 2.88 bits per heavy atom. The predicted molar refractivity (Wildman–Crippen MR) is 63.1 cm³/mol. The number of hydrogen-bond acceptors (Lipinski definition) is 2. The van der Waals surface area contributed by atoms with E-state index in [2.05, 4.69) is 4.98 Å². The SMILES string of the molecule is Cc1c[nH]c2c(C=CC(=O)C=O)cc(F)cc12. The molecule has 4 heteroatoms. The minimum absolute atomic E-state index is 0.215. The molecule has 0 radical (unpaired) electrons. The Morgan fingerprint density at radius 2 is 2.18 bits per heavy atom. The third-order valence-electron chi connectivity index (χ3n) is 2.53. The standard InChI is InChI=1S/C13H10FNO2/c1-8-6-15-13-9(2-3-11(17)7-16)4-10(14)5-12(8)13/h2-7,15H,1H3. The Bertz CT molecular complexity index is 626. The van der Waals surface area contributed by atoms with Crippen LogP contribution in [0.2, 0.25) is 0 Å². The summed E-state index contributed by atoms with van der Waals surface area (Å²) in [6.45, 7) is 1.86. The molecule has 86 valence electrons. The third-order valence-corrected chi connectivity index (χ3v) is 2.53. The van der Waals surface area contributed by atoms with E-state index in [9.17, 15) is 14.0 Å². The van der Waals surface area contributed by atoms with Gasteiger partial charge in [0.2, 0.25) is 5.78 Å². The number of halogens is 1. The molecule has 17 heavy (non-hydrogen) atoms. The van der Waals surface area contributed by atoms with Gasteiger partial charge in [0.15, 0.2) is 6.29 Å². The lowest BCUT2D eigenvalue weighted by Crippen LogP contribution is -1.91. The average molecular weight is 231 g/mol. The maximum atomic E-state index is 13.4. The first-order chi connectivity index (χ1) is 8.11. The van der Waals surface area contributed by atoms with Crippen LogP contribution in [0.15, 0.2) is 24.4 Å². The number of hydrogen-bond donors (Lipinski definition) is 1. The highest BCUT2D eigenvalue weighted by Crippen LogP contribution is 2.23. The number of allylic oxidation sites excluding steroid dienone is 1. The molecule has 0 amide bonds. The predicted octanol–water partition coefficient (Wildman–Crippen LogP) is 2.40. The van der Waals surface area contributed by atoms with Crippen molar-refractivity contribution in [3.63, 3.8) is 0 Å². The van der Waals surface area contributed by atoms with Gasteiger partial charge in [0.25, 0.3) is 0 Å². The normalized spacial score (nSPS) is 11.2. The quantitative estimate of drug-likeness (QED) is 0.501. The van der Waals surface area contributed by atoms with Crippen molar-refractivity contribution >= 4 is 29.0 Å². The van der Waals surface area contributed by atoms with E-state index >= 15 is 0 Å². The van der Waals surface area contributed by atoms with E-state index in [1.165, 1.54) is 18.2 Å². The largest absolute Gasteiger partial charge is 0.360 e. The number of H-pyrrole nitrogens is 1. The lowest BCUT2D eigenvalue weighted by atomic mass is 10.1. The molecule has 1 heterocycles. The molecule has 0 spiro atoms. The van der Waals surface area contributed by atoms with Crippen LogP contribution in [0.4, 0.5) is 4.39 Å². The second-order valence-corrected chi connectivity index (χ2v) is 3.74. The highest BCUT2D eigenvalue weighted by molar-refractivity contribution is 6.31. The van der Waals surface area contributed by atoms with Gasteiger partial charge in [0, 0.05) is 17.1 Å². The summed E-state index contributed by atoms with van der Waals surface area (Å²) < 4.78 is 13.4. The van der Waals surface area contributed by atoms with Gasteiger partial charge >= 0.3 is 0 Å². The van der Waals surface area contributed by atoms with E-state index in [-0.39, 0.29) is 12.1 Å². The van der Waals surface area contributed by atoms with Crippen LogP contribution in [-0.4, -0.2) is 17.1 Å². The molecule has 1 aromatic carbocycles. The van der Waals surface area contributed by atoms with Gasteiger partial charge in [-0.25, -0.2) is 4.39 Å². The molecule has 1 aromatic heterocycles. The number of aromatic nitrogens is 1. The second kappa shape index (κ2) is 4.33. The van der Waals surface area contributed by atoms with E-state index in [0.717, 1.165) is 22.5 Å². The molecule has 0 saturated carbocycles. The van der Waals surface area contributed by atoms with Crippen LogP contribution >= 0.6 is 0 Å². The Labute approximate surface area is 96.9 Å². The zero-order chi connectivity index (χ0) is 12.4. The van der Waals surface area contributed by atoms with Crippen molar-refractivity contribution in [2.45, 2.75) is 6.92 Å². The molecule has 0 atom stereocenters. The summed E-state index contributed by atoms with van der Waals surface area (Å²) >= 11 is 0. The van der Waals surface area contributed by atoms with Crippen LogP contribution in [0.1, 0.15) is 11.1 Å². The molecule has 2 aromatic rings. The van der Waals surface area contributed by atoms with Gasteiger partial charge in [-0.2, -0.15) is 0 Å². The summed E-state index contributed by atoms with van der Waals surface area (Å²) in [5.41, 5.74) is 2.22. The maximum absolute atomic E-state index is 13.4. The van der Waals surface area contributed by atoms with Crippen molar-refractivity contribution in [1.29, 1.82) is 0 Å². The number of ketones is 1. The number of carbonyl (C=O) groups excluding carboxylic acids is 2. The molecule has 2 rings (SSSR count). The van der Waals surface area contributed by atoms with Crippen LogP contribution in [0.3, 0.4) is 0 Å². The molecule has 0 unspecified atom stereocenters. The smallest absolute Gasteiger partial charge is 0.218 e. The Morgan fingerprint density at radius 1 is 1.41 bits per heavy atom.